The summed E-state index contributed by atoms with van der Waals surface area (Å²) in [5.41, 5.74) is 0.983. The molecule has 1 aliphatic heterocycles. The molecule has 0 spiro atoms. The first kappa shape index (κ1) is 17.3. The number of benzene rings is 1. The average molecular weight is 338 g/mol. The van der Waals surface area contributed by atoms with Crippen molar-refractivity contribution in [3.63, 3.8) is 0 Å². The Bertz CT molecular complexity index is 616. The molecule has 5 nitrogen and oxygen atoms in total. The quantitative estimate of drug-likeness (QED) is 0.618. The van der Waals surface area contributed by atoms with Gasteiger partial charge in [0.2, 0.25) is 0 Å². The first-order valence-corrected chi connectivity index (χ1v) is 8.39. The molecule has 0 fully saturated rings. The Morgan fingerprint density at radius 2 is 2.00 bits per heavy atom. The second kappa shape index (κ2) is 8.01. The molecule has 2 rings (SSSR count). The lowest BCUT2D eigenvalue weighted by Gasteiger charge is -2.28. The summed E-state index contributed by atoms with van der Waals surface area (Å²) in [4.78, 5) is 24.8. The van der Waals surface area contributed by atoms with Crippen LogP contribution in [0.5, 0.6) is 0 Å². The minimum atomic E-state index is -0.429. The highest BCUT2D eigenvalue weighted by molar-refractivity contribution is 7.99. The number of carbonyl (C=O) groups excluding carboxylic acids is 2. The van der Waals surface area contributed by atoms with Crippen LogP contribution in [0.25, 0.3) is 0 Å². The largest absolute Gasteiger partial charge is 0.463 e. The first-order valence-electron chi connectivity index (χ1n) is 7.41. The Morgan fingerprint density at radius 3 is 2.61 bits per heavy atom. The molecule has 1 heterocycles. The molecule has 0 aromatic heterocycles. The monoisotopic (exact) mass is 338 g/mol. The van der Waals surface area contributed by atoms with Crippen molar-refractivity contribution < 1.29 is 18.7 Å². The molecule has 0 saturated carbocycles. The van der Waals surface area contributed by atoms with Gasteiger partial charge in [0, 0.05) is 16.3 Å². The van der Waals surface area contributed by atoms with Crippen LogP contribution in [-0.2, 0) is 9.53 Å². The number of rotatable bonds is 6. The summed E-state index contributed by atoms with van der Waals surface area (Å²) in [5.74, 6) is -0.340. The van der Waals surface area contributed by atoms with Crippen LogP contribution in [0.1, 0.15) is 20.3 Å². The number of ether oxygens (including phenoxy) is 1. The summed E-state index contributed by atoms with van der Waals surface area (Å²) in [7, 11) is 0. The molecule has 2 N–H and O–H groups in total. The summed E-state index contributed by atoms with van der Waals surface area (Å²) in [5, 5.41) is 5.41. The van der Waals surface area contributed by atoms with Gasteiger partial charge in [-0.2, -0.15) is 0 Å². The van der Waals surface area contributed by atoms with E-state index in [2.05, 4.69) is 10.6 Å². The maximum absolute atomic E-state index is 12.9. The number of urea groups is 1. The molecule has 0 bridgehead atoms. The van der Waals surface area contributed by atoms with E-state index in [4.69, 9.17) is 4.74 Å². The van der Waals surface area contributed by atoms with Crippen LogP contribution < -0.4 is 10.6 Å². The number of thioether (sulfide) groups is 1. The van der Waals surface area contributed by atoms with Crippen molar-refractivity contribution >= 4 is 23.8 Å². The normalized spacial score (nSPS) is 17.5. The van der Waals surface area contributed by atoms with E-state index in [-0.39, 0.29) is 24.5 Å². The number of esters is 1. The number of amides is 2. The van der Waals surface area contributed by atoms with E-state index in [1.165, 1.54) is 23.9 Å². The van der Waals surface area contributed by atoms with Crippen molar-refractivity contribution in [1.29, 1.82) is 0 Å². The van der Waals surface area contributed by atoms with Crippen molar-refractivity contribution in [1.82, 2.24) is 10.6 Å². The zero-order chi connectivity index (χ0) is 16.8. The van der Waals surface area contributed by atoms with Crippen molar-refractivity contribution in [2.24, 2.45) is 0 Å². The zero-order valence-electron chi connectivity index (χ0n) is 13.0. The highest BCUT2D eigenvalue weighted by atomic mass is 32.2. The molecule has 0 aliphatic carbocycles. The molecule has 23 heavy (non-hydrogen) atoms. The van der Waals surface area contributed by atoms with Gasteiger partial charge in [-0.05, 0) is 37.6 Å². The maximum atomic E-state index is 12.9. The van der Waals surface area contributed by atoms with E-state index in [9.17, 15) is 14.0 Å². The van der Waals surface area contributed by atoms with Gasteiger partial charge in [0.15, 0.2) is 0 Å². The Balaban J connectivity index is 2.22. The van der Waals surface area contributed by atoms with Crippen molar-refractivity contribution in [2.75, 3.05) is 12.4 Å². The number of hydrogen-bond acceptors (Lipinski definition) is 4. The molecule has 1 aromatic carbocycles. The second-order valence-electron chi connectivity index (χ2n) is 4.91. The van der Waals surface area contributed by atoms with Crippen LogP contribution >= 0.6 is 11.8 Å². The maximum Gasteiger partial charge on any atom is 0.337 e. The molecular formula is C16H19FN2O3S. The highest BCUT2D eigenvalue weighted by Crippen LogP contribution is 2.24. The molecule has 124 valence electrons. The number of nitrogens with one attached hydrogen (secondary N) is 2. The zero-order valence-corrected chi connectivity index (χ0v) is 13.8. The second-order valence-corrected chi connectivity index (χ2v) is 5.96. The minimum Gasteiger partial charge on any atom is -0.463 e. The third kappa shape index (κ3) is 4.48. The van der Waals surface area contributed by atoms with E-state index < -0.39 is 5.97 Å². The van der Waals surface area contributed by atoms with Crippen LogP contribution in [0.3, 0.4) is 0 Å². The lowest BCUT2D eigenvalue weighted by atomic mass is 10.0. The summed E-state index contributed by atoms with van der Waals surface area (Å²) < 4.78 is 18.0. The fraction of sp³-hybridized carbons (Fsp3) is 0.375. The molecule has 1 aliphatic rings. The minimum absolute atomic E-state index is 0.269. The summed E-state index contributed by atoms with van der Waals surface area (Å²) in [6.07, 6.45) is 0.590. The fourth-order valence-electron chi connectivity index (χ4n) is 2.26. The summed E-state index contributed by atoms with van der Waals surface area (Å²) >= 11 is 1.41. The Labute approximate surface area is 138 Å². The van der Waals surface area contributed by atoms with E-state index in [1.807, 2.05) is 6.92 Å². The number of halogens is 1. The predicted octanol–water partition coefficient (Wildman–Crippen LogP) is 2.83. The van der Waals surface area contributed by atoms with Gasteiger partial charge in [-0.25, -0.2) is 14.0 Å². The number of carbonyl (C=O) groups is 2. The van der Waals surface area contributed by atoms with Gasteiger partial charge in [0.05, 0.1) is 18.2 Å². The van der Waals surface area contributed by atoms with Gasteiger partial charge in [0.1, 0.15) is 5.82 Å². The molecule has 7 heteroatoms. The van der Waals surface area contributed by atoms with E-state index >= 15 is 0 Å². The lowest BCUT2D eigenvalue weighted by molar-refractivity contribution is -0.139. The molecule has 1 aromatic rings. The summed E-state index contributed by atoms with van der Waals surface area (Å²) in [6, 6.07) is 5.36. The van der Waals surface area contributed by atoms with Gasteiger partial charge in [0.25, 0.3) is 0 Å². The SMILES string of the molecule is CCOC(=O)C1=C(CSc2ccc(F)cc2)NC(=O)N[C@@H]1CC. The molecule has 0 radical (unpaired) electrons. The third-order valence-electron chi connectivity index (χ3n) is 3.34. The van der Waals surface area contributed by atoms with Gasteiger partial charge in [-0.3, -0.25) is 0 Å². The fourth-order valence-corrected chi connectivity index (χ4v) is 3.13. The van der Waals surface area contributed by atoms with Crippen LogP contribution in [0.15, 0.2) is 40.4 Å². The van der Waals surface area contributed by atoms with Crippen molar-refractivity contribution in [3.8, 4) is 0 Å². The smallest absolute Gasteiger partial charge is 0.337 e. The Kier molecular flexibility index (Phi) is 6.04. The predicted molar refractivity (Wildman–Crippen MR) is 86.5 cm³/mol. The van der Waals surface area contributed by atoms with Gasteiger partial charge >= 0.3 is 12.0 Å². The number of hydrogen-bond donors (Lipinski definition) is 2. The van der Waals surface area contributed by atoms with Gasteiger partial charge in [-0.15, -0.1) is 11.8 Å². The average Bonchev–Trinajstić information content (AvgIpc) is 2.53. The van der Waals surface area contributed by atoms with Crippen molar-refractivity contribution in [3.05, 3.63) is 41.4 Å². The topological polar surface area (TPSA) is 67.4 Å². The molecule has 0 unspecified atom stereocenters. The molecule has 1 atom stereocenters. The van der Waals surface area contributed by atoms with E-state index in [1.54, 1.807) is 19.1 Å². The van der Waals surface area contributed by atoms with Gasteiger partial charge < -0.3 is 15.4 Å². The van der Waals surface area contributed by atoms with E-state index in [0.717, 1.165) is 4.90 Å². The Morgan fingerprint density at radius 1 is 1.30 bits per heavy atom. The van der Waals surface area contributed by atoms with Crippen LogP contribution in [0.2, 0.25) is 0 Å². The molecular weight excluding hydrogens is 319 g/mol. The Hall–Kier alpha value is -2.02. The third-order valence-corrected chi connectivity index (χ3v) is 4.38. The van der Waals surface area contributed by atoms with E-state index in [0.29, 0.717) is 23.4 Å². The molecule has 2 amide bonds. The molecule has 0 saturated heterocycles. The highest BCUT2D eigenvalue weighted by Gasteiger charge is 2.31. The van der Waals surface area contributed by atoms with Crippen molar-refractivity contribution in [2.45, 2.75) is 31.2 Å². The first-order chi connectivity index (χ1) is 11.0. The van der Waals surface area contributed by atoms with Crippen LogP contribution in [-0.4, -0.2) is 30.4 Å². The summed E-state index contributed by atoms with van der Waals surface area (Å²) in [6.45, 7) is 3.90. The standard InChI is InChI=1S/C16H19FN2O3S/c1-3-12-14(15(20)22-4-2)13(19-16(21)18-12)9-23-11-7-5-10(17)6-8-11/h5-8,12H,3-4,9H2,1-2H3,(H2,18,19,21)/t12-/m1/s1. The van der Waals surface area contributed by atoms with Crippen LogP contribution in [0, 0.1) is 5.82 Å². The van der Waals surface area contributed by atoms with Gasteiger partial charge in [-0.1, -0.05) is 6.92 Å². The van der Waals surface area contributed by atoms with Crippen LogP contribution in [0.4, 0.5) is 9.18 Å². The lowest BCUT2D eigenvalue weighted by Crippen LogP contribution is -2.50.